The number of carbonyl (C=O) groups excluding carboxylic acids is 1. The Hall–Kier alpha value is -0.805. The molecular weight excluding hydrogens is 195 g/mol. The number of carbonyl (C=O) groups is 1. The second-order valence-electron chi connectivity index (χ2n) is 4.58. The summed E-state index contributed by atoms with van der Waals surface area (Å²) in [7, 11) is -0.803. The summed E-state index contributed by atoms with van der Waals surface area (Å²) in [5.41, 5.74) is -0.478. The summed E-state index contributed by atoms with van der Waals surface area (Å²) in [6.07, 6.45) is 3.83. The Balaban J connectivity index is 2.38. The highest BCUT2D eigenvalue weighted by Gasteiger charge is 2.25. The van der Waals surface area contributed by atoms with E-state index in [-0.39, 0.29) is 18.5 Å². The van der Waals surface area contributed by atoms with Crippen LogP contribution in [0.5, 0.6) is 0 Å². The molecule has 0 saturated heterocycles. The highest BCUT2D eigenvalue weighted by Crippen LogP contribution is 2.14. The normalized spacial score (nSPS) is 21.6. The van der Waals surface area contributed by atoms with Crippen LogP contribution < -0.4 is 0 Å². The fourth-order valence-electron chi connectivity index (χ4n) is 1.31. The Morgan fingerprint density at radius 1 is 1.67 bits per heavy atom. The van der Waals surface area contributed by atoms with Gasteiger partial charge in [0.1, 0.15) is 5.60 Å². The number of esters is 1. The highest BCUT2D eigenvalue weighted by atomic mass is 16.6. The van der Waals surface area contributed by atoms with Crippen molar-refractivity contribution < 1.29 is 19.2 Å². The van der Waals surface area contributed by atoms with E-state index in [1.807, 2.05) is 26.8 Å². The maximum Gasteiger partial charge on any atom is 0.458 e. The molecule has 0 amide bonds. The van der Waals surface area contributed by atoms with E-state index in [4.69, 9.17) is 9.39 Å². The Morgan fingerprint density at radius 3 is 2.87 bits per heavy atom. The van der Waals surface area contributed by atoms with E-state index in [1.54, 1.807) is 6.08 Å². The average Bonchev–Trinajstić information content (AvgIpc) is 1.99. The van der Waals surface area contributed by atoms with Gasteiger partial charge in [-0.15, -0.1) is 0 Å². The maximum absolute atomic E-state index is 11.4. The minimum atomic E-state index is -0.803. The molecule has 1 rings (SSSR count). The molecule has 1 atom stereocenters. The Kier molecular flexibility index (Phi) is 3.93. The van der Waals surface area contributed by atoms with Crippen molar-refractivity contribution in [2.75, 3.05) is 0 Å². The minimum Gasteiger partial charge on any atom is -0.460 e. The van der Waals surface area contributed by atoms with Crippen LogP contribution in [0.4, 0.5) is 0 Å². The van der Waals surface area contributed by atoms with Crippen LogP contribution in [0.25, 0.3) is 0 Å². The molecule has 0 aromatic heterocycles. The Bertz CT molecular complexity index is 257. The molecule has 1 N–H and O–H groups in total. The zero-order valence-corrected chi connectivity index (χ0v) is 9.40. The van der Waals surface area contributed by atoms with Gasteiger partial charge in [0, 0.05) is 6.32 Å². The lowest BCUT2D eigenvalue weighted by Gasteiger charge is -2.23. The molecule has 15 heavy (non-hydrogen) atoms. The summed E-state index contributed by atoms with van der Waals surface area (Å²) >= 11 is 0. The molecule has 4 nitrogen and oxygen atoms in total. The number of hydrogen-bond donors (Lipinski definition) is 1. The van der Waals surface area contributed by atoms with E-state index in [1.165, 1.54) is 0 Å². The van der Waals surface area contributed by atoms with Crippen LogP contribution in [0.3, 0.4) is 0 Å². The first-order valence-electron chi connectivity index (χ1n) is 5.09. The van der Waals surface area contributed by atoms with Gasteiger partial charge < -0.3 is 14.4 Å². The zero-order valence-electron chi connectivity index (χ0n) is 9.40. The molecule has 1 aliphatic rings. The molecule has 5 heteroatoms. The lowest BCUT2D eigenvalue weighted by atomic mass is 9.82. The third-order valence-electron chi connectivity index (χ3n) is 1.81. The molecule has 84 valence electrons. The smallest absolute Gasteiger partial charge is 0.458 e. The van der Waals surface area contributed by atoms with Gasteiger partial charge in [0.2, 0.25) is 0 Å². The van der Waals surface area contributed by atoms with Crippen molar-refractivity contribution in [3.63, 3.8) is 0 Å². The lowest BCUT2D eigenvalue weighted by Crippen LogP contribution is -2.32. The topological polar surface area (TPSA) is 55.8 Å². The first-order chi connectivity index (χ1) is 6.87. The first-order valence-corrected chi connectivity index (χ1v) is 5.09. The third kappa shape index (κ3) is 5.00. The van der Waals surface area contributed by atoms with Crippen LogP contribution in [-0.2, 0) is 14.2 Å². The Labute approximate surface area is 90.4 Å². The fourth-order valence-corrected chi connectivity index (χ4v) is 1.31. The van der Waals surface area contributed by atoms with Crippen molar-refractivity contribution in [3.8, 4) is 0 Å². The summed E-state index contributed by atoms with van der Waals surface area (Å²) in [5.74, 6) is -0.314. The van der Waals surface area contributed by atoms with E-state index in [9.17, 15) is 9.82 Å². The van der Waals surface area contributed by atoms with Gasteiger partial charge in [-0.3, -0.25) is 4.79 Å². The van der Waals surface area contributed by atoms with Gasteiger partial charge in [0.15, 0.2) is 0 Å². The van der Waals surface area contributed by atoms with E-state index in [0.717, 1.165) is 0 Å². The summed E-state index contributed by atoms with van der Waals surface area (Å²) in [5, 5.41) is 9.20. The first kappa shape index (κ1) is 12.3. The van der Waals surface area contributed by atoms with Crippen molar-refractivity contribution in [2.24, 2.45) is 0 Å². The molecule has 0 unspecified atom stereocenters. The van der Waals surface area contributed by atoms with Gasteiger partial charge in [-0.25, -0.2) is 0 Å². The SMILES string of the molecule is CC(C)(C)OC(=O)C[C@@H]1C=CCB(O)O1. The molecular formula is C10H17BO4. The summed E-state index contributed by atoms with van der Waals surface area (Å²) in [6.45, 7) is 5.45. The van der Waals surface area contributed by atoms with Crippen LogP contribution in [0.2, 0.25) is 6.32 Å². The fraction of sp³-hybridized carbons (Fsp3) is 0.700. The van der Waals surface area contributed by atoms with Gasteiger partial charge in [-0.05, 0) is 20.8 Å². The predicted octanol–water partition coefficient (Wildman–Crippen LogP) is 1.15. The molecule has 0 saturated carbocycles. The van der Waals surface area contributed by atoms with Crippen LogP contribution in [0, 0.1) is 0 Å². The Morgan fingerprint density at radius 2 is 2.33 bits per heavy atom. The second-order valence-corrected chi connectivity index (χ2v) is 4.58. The van der Waals surface area contributed by atoms with E-state index < -0.39 is 12.7 Å². The van der Waals surface area contributed by atoms with Gasteiger partial charge >= 0.3 is 13.1 Å². The summed E-state index contributed by atoms with van der Waals surface area (Å²) in [6, 6.07) is 0. The molecule has 0 fully saturated rings. The molecule has 1 aliphatic heterocycles. The third-order valence-corrected chi connectivity index (χ3v) is 1.81. The molecule has 0 aromatic rings. The van der Waals surface area contributed by atoms with Crippen molar-refractivity contribution in [2.45, 2.75) is 45.2 Å². The van der Waals surface area contributed by atoms with Crippen LogP contribution >= 0.6 is 0 Å². The molecule has 0 aromatic carbocycles. The second kappa shape index (κ2) is 4.81. The quantitative estimate of drug-likeness (QED) is 0.423. The van der Waals surface area contributed by atoms with Crippen LogP contribution in [0.15, 0.2) is 12.2 Å². The summed E-state index contributed by atoms with van der Waals surface area (Å²) in [4.78, 5) is 11.4. The van der Waals surface area contributed by atoms with E-state index in [0.29, 0.717) is 6.32 Å². The van der Waals surface area contributed by atoms with Gasteiger partial charge in [0.25, 0.3) is 0 Å². The minimum absolute atomic E-state index is 0.144. The lowest BCUT2D eigenvalue weighted by molar-refractivity contribution is -0.156. The van der Waals surface area contributed by atoms with Crippen molar-refractivity contribution in [1.82, 2.24) is 0 Å². The maximum atomic E-state index is 11.4. The van der Waals surface area contributed by atoms with Gasteiger partial charge in [-0.2, -0.15) is 0 Å². The van der Waals surface area contributed by atoms with Crippen LogP contribution in [0.1, 0.15) is 27.2 Å². The van der Waals surface area contributed by atoms with E-state index in [2.05, 4.69) is 0 Å². The molecule has 0 aliphatic carbocycles. The van der Waals surface area contributed by atoms with Crippen molar-refractivity contribution >= 4 is 13.1 Å². The van der Waals surface area contributed by atoms with Crippen molar-refractivity contribution in [1.29, 1.82) is 0 Å². The van der Waals surface area contributed by atoms with Gasteiger partial charge in [-0.1, -0.05) is 12.2 Å². The molecule has 0 bridgehead atoms. The molecule has 0 radical (unpaired) electrons. The van der Waals surface area contributed by atoms with Gasteiger partial charge in [0.05, 0.1) is 12.5 Å². The highest BCUT2D eigenvalue weighted by molar-refractivity contribution is 6.43. The number of hydrogen-bond acceptors (Lipinski definition) is 4. The van der Waals surface area contributed by atoms with Crippen molar-refractivity contribution in [3.05, 3.63) is 12.2 Å². The average molecular weight is 212 g/mol. The number of rotatable bonds is 2. The largest absolute Gasteiger partial charge is 0.460 e. The zero-order chi connectivity index (χ0) is 11.5. The standard InChI is InChI=1S/C10H17BO4/c1-10(2,3)14-9(12)7-8-5-4-6-11(13)15-8/h4-5,8,13H,6-7H2,1-3H3/t8-/m0/s1. The number of ether oxygens (including phenoxy) is 1. The summed E-state index contributed by atoms with van der Waals surface area (Å²) < 4.78 is 10.3. The molecule has 0 spiro atoms. The van der Waals surface area contributed by atoms with Crippen LogP contribution in [-0.4, -0.2) is 29.8 Å². The monoisotopic (exact) mass is 212 g/mol. The predicted molar refractivity (Wildman–Crippen MR) is 57.3 cm³/mol. The van der Waals surface area contributed by atoms with E-state index >= 15 is 0 Å². The number of allylic oxidation sites excluding steroid dienone is 1. The molecule has 1 heterocycles.